The van der Waals surface area contributed by atoms with Gasteiger partial charge in [-0.15, -0.1) is 0 Å². The number of nitro groups is 1. The van der Waals surface area contributed by atoms with Gasteiger partial charge in [-0.05, 0) is 6.07 Å². The molecule has 1 aromatic heterocycles. The number of hydrogen-bond donors (Lipinski definition) is 2. The molecule has 0 radical (unpaired) electrons. The summed E-state index contributed by atoms with van der Waals surface area (Å²) in [4.78, 5) is 16.1. The van der Waals surface area contributed by atoms with Crippen molar-refractivity contribution in [3.05, 3.63) is 40.7 Å². The summed E-state index contributed by atoms with van der Waals surface area (Å²) in [6, 6.07) is 3.22. The zero-order chi connectivity index (χ0) is 14.8. The SMILES string of the molecule is COc1cc([N+](=O)[O-])ccc1S(=O)(=O)Nc1ncc[nH]1. The number of hydrogen-bond acceptors (Lipinski definition) is 6. The second-order valence-electron chi connectivity index (χ2n) is 3.64. The van der Waals surface area contributed by atoms with Crippen molar-refractivity contribution in [2.45, 2.75) is 4.90 Å². The van der Waals surface area contributed by atoms with Gasteiger partial charge in [0.2, 0.25) is 5.95 Å². The highest BCUT2D eigenvalue weighted by Crippen LogP contribution is 2.29. The number of aromatic nitrogens is 2. The number of rotatable bonds is 5. The molecule has 2 rings (SSSR count). The van der Waals surface area contributed by atoms with Crippen molar-refractivity contribution in [2.75, 3.05) is 11.8 Å². The summed E-state index contributed by atoms with van der Waals surface area (Å²) in [6.45, 7) is 0. The van der Waals surface area contributed by atoms with Gasteiger partial charge in [0.05, 0.1) is 18.1 Å². The first kappa shape index (κ1) is 13.8. The Balaban J connectivity index is 2.43. The Hall–Kier alpha value is -2.62. The molecule has 10 heteroatoms. The highest BCUT2D eigenvalue weighted by atomic mass is 32.2. The molecule has 0 spiro atoms. The number of non-ortho nitro benzene ring substituents is 1. The fraction of sp³-hybridized carbons (Fsp3) is 0.100. The minimum Gasteiger partial charge on any atom is -0.495 e. The van der Waals surface area contributed by atoms with Crippen LogP contribution in [0.4, 0.5) is 11.6 Å². The van der Waals surface area contributed by atoms with Crippen molar-refractivity contribution < 1.29 is 18.1 Å². The van der Waals surface area contributed by atoms with Crippen molar-refractivity contribution >= 4 is 21.7 Å². The van der Waals surface area contributed by atoms with Gasteiger partial charge in [0, 0.05) is 18.5 Å². The van der Waals surface area contributed by atoms with E-state index in [-0.39, 0.29) is 22.3 Å². The maximum Gasteiger partial charge on any atom is 0.273 e. The Bertz CT molecular complexity index is 726. The lowest BCUT2D eigenvalue weighted by molar-refractivity contribution is -0.385. The van der Waals surface area contributed by atoms with Crippen molar-refractivity contribution in [1.82, 2.24) is 9.97 Å². The number of anilines is 1. The molecule has 106 valence electrons. The van der Waals surface area contributed by atoms with Crippen LogP contribution in [-0.2, 0) is 10.0 Å². The quantitative estimate of drug-likeness (QED) is 0.629. The van der Waals surface area contributed by atoms with Crippen LogP contribution in [0.15, 0.2) is 35.5 Å². The van der Waals surface area contributed by atoms with Gasteiger partial charge in [0.15, 0.2) is 0 Å². The molecular weight excluding hydrogens is 288 g/mol. The minimum absolute atomic E-state index is 0.0328. The monoisotopic (exact) mass is 298 g/mol. The Labute approximate surface area is 113 Å². The second-order valence-corrected chi connectivity index (χ2v) is 5.29. The average Bonchev–Trinajstić information content (AvgIpc) is 2.89. The standard InChI is InChI=1S/C10H10N4O5S/c1-19-8-6-7(14(15)16)2-3-9(8)20(17,18)13-10-11-4-5-12-10/h2-6H,1H3,(H2,11,12,13). The Morgan fingerprint density at radius 2 is 2.20 bits per heavy atom. The predicted molar refractivity (Wildman–Crippen MR) is 69.0 cm³/mol. The first-order valence-electron chi connectivity index (χ1n) is 5.28. The van der Waals surface area contributed by atoms with Gasteiger partial charge >= 0.3 is 0 Å². The van der Waals surface area contributed by atoms with Crippen LogP contribution < -0.4 is 9.46 Å². The first-order chi connectivity index (χ1) is 9.44. The van der Waals surface area contributed by atoms with Crippen LogP contribution in [-0.4, -0.2) is 30.4 Å². The molecule has 0 bridgehead atoms. The highest BCUT2D eigenvalue weighted by molar-refractivity contribution is 7.92. The number of nitrogens with one attached hydrogen (secondary N) is 2. The summed E-state index contributed by atoms with van der Waals surface area (Å²) in [6.07, 6.45) is 2.83. The molecule has 0 atom stereocenters. The van der Waals surface area contributed by atoms with E-state index < -0.39 is 14.9 Å². The number of imidazole rings is 1. The third-order valence-corrected chi connectivity index (χ3v) is 3.76. The summed E-state index contributed by atoms with van der Waals surface area (Å²) in [5.74, 6) is -0.0938. The zero-order valence-electron chi connectivity index (χ0n) is 10.2. The van der Waals surface area contributed by atoms with Gasteiger partial charge in [-0.2, -0.15) is 0 Å². The molecule has 1 aromatic carbocycles. The maximum atomic E-state index is 12.1. The molecule has 0 saturated heterocycles. The molecule has 0 fully saturated rings. The van der Waals surface area contributed by atoms with E-state index in [9.17, 15) is 18.5 Å². The van der Waals surface area contributed by atoms with Crippen molar-refractivity contribution in [3.8, 4) is 5.75 Å². The van der Waals surface area contributed by atoms with E-state index in [0.29, 0.717) is 0 Å². The van der Waals surface area contributed by atoms with Crippen LogP contribution in [0.25, 0.3) is 0 Å². The van der Waals surface area contributed by atoms with Gasteiger partial charge < -0.3 is 9.72 Å². The number of nitrogens with zero attached hydrogens (tertiary/aromatic N) is 2. The zero-order valence-corrected chi connectivity index (χ0v) is 11.0. The van der Waals surface area contributed by atoms with Crippen molar-refractivity contribution in [3.63, 3.8) is 0 Å². The molecule has 0 aliphatic rings. The third kappa shape index (κ3) is 2.69. The number of nitro benzene ring substituents is 1. The van der Waals surface area contributed by atoms with Crippen LogP contribution in [0.2, 0.25) is 0 Å². The van der Waals surface area contributed by atoms with E-state index in [1.807, 2.05) is 0 Å². The largest absolute Gasteiger partial charge is 0.495 e. The van der Waals surface area contributed by atoms with Gasteiger partial charge in [0.25, 0.3) is 15.7 Å². The molecule has 0 amide bonds. The Kier molecular flexibility index (Phi) is 3.57. The lowest BCUT2D eigenvalue weighted by Crippen LogP contribution is -2.15. The van der Waals surface area contributed by atoms with Crippen LogP contribution in [0.3, 0.4) is 0 Å². The van der Waals surface area contributed by atoms with E-state index >= 15 is 0 Å². The normalized spacial score (nSPS) is 11.1. The van der Waals surface area contributed by atoms with E-state index in [1.165, 1.54) is 19.5 Å². The fourth-order valence-electron chi connectivity index (χ4n) is 1.50. The molecule has 0 aliphatic carbocycles. The molecule has 20 heavy (non-hydrogen) atoms. The number of sulfonamides is 1. The molecule has 0 unspecified atom stereocenters. The second kappa shape index (κ2) is 5.17. The maximum absolute atomic E-state index is 12.1. The molecule has 1 heterocycles. The van der Waals surface area contributed by atoms with Crippen LogP contribution in [0.5, 0.6) is 5.75 Å². The van der Waals surface area contributed by atoms with Crippen LogP contribution in [0, 0.1) is 10.1 Å². The molecule has 0 saturated carbocycles. The van der Waals surface area contributed by atoms with E-state index in [2.05, 4.69) is 14.7 Å². The van der Waals surface area contributed by atoms with E-state index in [1.54, 1.807) is 0 Å². The van der Waals surface area contributed by atoms with E-state index in [4.69, 9.17) is 4.74 Å². The van der Waals surface area contributed by atoms with Gasteiger partial charge in [-0.25, -0.2) is 18.1 Å². The smallest absolute Gasteiger partial charge is 0.273 e. The minimum atomic E-state index is -3.96. The summed E-state index contributed by atoms with van der Waals surface area (Å²) in [5, 5.41) is 10.7. The number of benzene rings is 1. The summed E-state index contributed by atoms with van der Waals surface area (Å²) < 4.78 is 31.4. The summed E-state index contributed by atoms with van der Waals surface area (Å²) >= 11 is 0. The third-order valence-electron chi connectivity index (χ3n) is 2.38. The molecule has 0 aliphatic heterocycles. The van der Waals surface area contributed by atoms with E-state index in [0.717, 1.165) is 18.2 Å². The molecule has 9 nitrogen and oxygen atoms in total. The Morgan fingerprint density at radius 3 is 2.75 bits per heavy atom. The Morgan fingerprint density at radius 1 is 1.45 bits per heavy atom. The molecule has 2 N–H and O–H groups in total. The van der Waals surface area contributed by atoms with Crippen molar-refractivity contribution in [1.29, 1.82) is 0 Å². The number of aromatic amines is 1. The number of methoxy groups -OCH3 is 1. The first-order valence-corrected chi connectivity index (χ1v) is 6.77. The van der Waals surface area contributed by atoms with Crippen LogP contribution >= 0.6 is 0 Å². The molecule has 2 aromatic rings. The number of H-pyrrole nitrogens is 1. The lowest BCUT2D eigenvalue weighted by atomic mass is 10.3. The average molecular weight is 298 g/mol. The van der Waals surface area contributed by atoms with Gasteiger partial charge in [-0.3, -0.25) is 10.1 Å². The topological polar surface area (TPSA) is 127 Å². The highest BCUT2D eigenvalue weighted by Gasteiger charge is 2.23. The molecular formula is C10H10N4O5S. The number of ether oxygens (including phenoxy) is 1. The summed E-state index contributed by atoms with van der Waals surface area (Å²) in [5.41, 5.74) is -0.265. The van der Waals surface area contributed by atoms with Gasteiger partial charge in [-0.1, -0.05) is 0 Å². The van der Waals surface area contributed by atoms with Gasteiger partial charge in [0.1, 0.15) is 10.6 Å². The predicted octanol–water partition coefficient (Wildman–Crippen LogP) is 1.13. The fourth-order valence-corrected chi connectivity index (χ4v) is 2.63. The van der Waals surface area contributed by atoms with Crippen LogP contribution in [0.1, 0.15) is 0 Å². The van der Waals surface area contributed by atoms with Crippen molar-refractivity contribution in [2.24, 2.45) is 0 Å². The lowest BCUT2D eigenvalue weighted by Gasteiger charge is -2.09. The summed E-state index contributed by atoms with van der Waals surface area (Å²) in [7, 11) is -2.73.